The molecular weight excluding hydrogens is 497 g/mol. The number of amides is 1. The lowest BCUT2D eigenvalue weighted by atomic mass is 10.2. The number of fused-ring (bicyclic) bond motifs is 1. The molecule has 4 rings (SSSR count). The van der Waals surface area contributed by atoms with Gasteiger partial charge in [0.25, 0.3) is 5.91 Å². The minimum atomic E-state index is -0.140. The Hall–Kier alpha value is -3.21. The number of ether oxygens (including phenoxy) is 2. The second-order valence-electron chi connectivity index (χ2n) is 6.30. The number of nitrogens with one attached hydrogen (secondary N) is 1. The van der Waals surface area contributed by atoms with E-state index >= 15 is 0 Å². The van der Waals surface area contributed by atoms with Crippen LogP contribution < -0.4 is 14.8 Å². The second kappa shape index (κ2) is 9.08. The van der Waals surface area contributed by atoms with Gasteiger partial charge in [-0.2, -0.15) is 4.52 Å². The predicted molar refractivity (Wildman–Crippen MR) is 120 cm³/mol. The summed E-state index contributed by atoms with van der Waals surface area (Å²) in [7, 11) is 1.62. The molecule has 0 spiro atoms. The average molecular weight is 515 g/mol. The summed E-state index contributed by atoms with van der Waals surface area (Å²) in [6, 6.07) is 18.4. The van der Waals surface area contributed by atoms with Crippen molar-refractivity contribution in [2.24, 2.45) is 0 Å². The summed E-state index contributed by atoms with van der Waals surface area (Å²) < 4.78 is 13.6. The quantitative estimate of drug-likeness (QED) is 0.301. The molecule has 0 bridgehead atoms. The molecule has 30 heavy (non-hydrogen) atoms. The van der Waals surface area contributed by atoms with Crippen molar-refractivity contribution in [2.75, 3.05) is 20.3 Å². The number of carbonyl (C=O) groups excluding carboxylic acids is 1. The third-order valence-electron chi connectivity index (χ3n) is 4.33. The van der Waals surface area contributed by atoms with E-state index in [9.17, 15) is 4.79 Å². The number of aromatic nitrogens is 4. The Kier molecular flexibility index (Phi) is 6.07. The molecule has 0 saturated carbocycles. The molecule has 2 aromatic carbocycles. The van der Waals surface area contributed by atoms with Gasteiger partial charge in [0.1, 0.15) is 12.4 Å². The maximum atomic E-state index is 12.1. The third kappa shape index (κ3) is 4.51. The summed E-state index contributed by atoms with van der Waals surface area (Å²) >= 11 is 2.20. The van der Waals surface area contributed by atoms with Gasteiger partial charge in [0.15, 0.2) is 11.5 Å². The topological polar surface area (TPSA) is 90.6 Å². The van der Waals surface area contributed by atoms with Crippen molar-refractivity contribution in [1.29, 1.82) is 0 Å². The van der Waals surface area contributed by atoms with E-state index in [-0.39, 0.29) is 12.5 Å². The lowest BCUT2D eigenvalue weighted by Gasteiger charge is -2.08. The van der Waals surface area contributed by atoms with Crippen LogP contribution in [0.5, 0.6) is 11.6 Å². The van der Waals surface area contributed by atoms with Crippen LogP contribution in [0.3, 0.4) is 0 Å². The van der Waals surface area contributed by atoms with Gasteiger partial charge in [-0.05, 0) is 77.2 Å². The van der Waals surface area contributed by atoms with Crippen molar-refractivity contribution >= 4 is 34.1 Å². The number of hydrogen-bond acceptors (Lipinski definition) is 6. The van der Waals surface area contributed by atoms with Crippen LogP contribution in [0.2, 0.25) is 0 Å². The lowest BCUT2D eigenvalue weighted by molar-refractivity contribution is 0.0946. The molecule has 2 aromatic heterocycles. The Labute approximate surface area is 186 Å². The molecule has 9 heteroatoms. The van der Waals surface area contributed by atoms with Crippen LogP contribution in [0.25, 0.3) is 17.0 Å². The van der Waals surface area contributed by atoms with E-state index in [1.54, 1.807) is 35.9 Å². The summed E-state index contributed by atoms with van der Waals surface area (Å²) in [5.41, 5.74) is 2.08. The van der Waals surface area contributed by atoms with Gasteiger partial charge in [0.2, 0.25) is 5.88 Å². The molecule has 0 radical (unpaired) electrons. The van der Waals surface area contributed by atoms with Gasteiger partial charge in [0, 0.05) is 20.8 Å². The van der Waals surface area contributed by atoms with Crippen molar-refractivity contribution in [3.63, 3.8) is 0 Å². The lowest BCUT2D eigenvalue weighted by Crippen LogP contribution is -2.28. The zero-order chi connectivity index (χ0) is 20.9. The molecule has 0 unspecified atom stereocenters. The Morgan fingerprint density at radius 3 is 2.53 bits per heavy atom. The molecule has 0 aliphatic carbocycles. The van der Waals surface area contributed by atoms with Crippen molar-refractivity contribution in [1.82, 2.24) is 25.1 Å². The van der Waals surface area contributed by atoms with Gasteiger partial charge >= 0.3 is 0 Å². The average Bonchev–Trinajstić information content (AvgIpc) is 3.20. The highest BCUT2D eigenvalue weighted by atomic mass is 127. The number of methoxy groups -OCH3 is 1. The maximum Gasteiger partial charge on any atom is 0.251 e. The summed E-state index contributed by atoms with van der Waals surface area (Å²) in [5.74, 6) is 1.64. The highest BCUT2D eigenvalue weighted by Crippen LogP contribution is 2.21. The molecule has 1 amide bonds. The maximum absolute atomic E-state index is 12.1. The Balaban J connectivity index is 1.39. The molecule has 1 N–H and O–H groups in total. The monoisotopic (exact) mass is 515 g/mol. The summed E-state index contributed by atoms with van der Waals surface area (Å²) in [6.07, 6.45) is 0. The molecule has 4 aromatic rings. The van der Waals surface area contributed by atoms with Crippen LogP contribution in [-0.4, -0.2) is 46.0 Å². The van der Waals surface area contributed by atoms with E-state index in [1.807, 2.05) is 36.4 Å². The van der Waals surface area contributed by atoms with E-state index in [1.165, 1.54) is 0 Å². The first kappa shape index (κ1) is 20.1. The Bertz CT molecular complexity index is 1160. The first-order chi connectivity index (χ1) is 14.6. The first-order valence-corrected chi connectivity index (χ1v) is 10.3. The normalized spacial score (nSPS) is 10.7. The number of nitrogens with zero attached hydrogens (tertiary/aromatic N) is 4. The van der Waals surface area contributed by atoms with E-state index in [0.717, 1.165) is 14.9 Å². The minimum absolute atomic E-state index is 0.140. The van der Waals surface area contributed by atoms with Gasteiger partial charge < -0.3 is 14.8 Å². The summed E-state index contributed by atoms with van der Waals surface area (Å²) in [5, 5.41) is 15.7. The highest BCUT2D eigenvalue weighted by molar-refractivity contribution is 14.1. The van der Waals surface area contributed by atoms with Crippen LogP contribution in [0, 0.1) is 3.57 Å². The van der Waals surface area contributed by atoms with E-state index in [2.05, 4.69) is 43.2 Å². The van der Waals surface area contributed by atoms with E-state index in [4.69, 9.17) is 9.47 Å². The molecule has 8 nitrogen and oxygen atoms in total. The van der Waals surface area contributed by atoms with Crippen molar-refractivity contribution in [2.45, 2.75) is 0 Å². The van der Waals surface area contributed by atoms with Crippen LogP contribution in [0.4, 0.5) is 0 Å². The standard InChI is InChI=1S/C21H18IN5O3/c1-29-17-8-4-14(5-9-17)20-25-24-18-10-11-19(26-27(18)20)30-13-12-23-21(28)15-2-6-16(22)7-3-15/h2-11H,12-13H2,1H3,(H,23,28). The predicted octanol–water partition coefficient (Wildman–Crippen LogP) is 3.21. The number of rotatable bonds is 7. The van der Waals surface area contributed by atoms with Gasteiger partial charge in [-0.3, -0.25) is 4.79 Å². The molecule has 0 saturated heterocycles. The number of benzene rings is 2. The van der Waals surface area contributed by atoms with Crippen molar-refractivity contribution in [3.05, 3.63) is 69.8 Å². The molecular formula is C21H18IN5O3. The zero-order valence-electron chi connectivity index (χ0n) is 16.1. The highest BCUT2D eigenvalue weighted by Gasteiger charge is 2.11. The summed E-state index contributed by atoms with van der Waals surface area (Å²) in [6.45, 7) is 0.645. The second-order valence-corrected chi connectivity index (χ2v) is 7.55. The Morgan fingerprint density at radius 2 is 1.80 bits per heavy atom. The van der Waals surface area contributed by atoms with Crippen LogP contribution in [-0.2, 0) is 0 Å². The Morgan fingerprint density at radius 1 is 1.03 bits per heavy atom. The molecule has 2 heterocycles. The van der Waals surface area contributed by atoms with E-state index < -0.39 is 0 Å². The fourth-order valence-corrected chi connectivity index (χ4v) is 3.15. The number of halogens is 1. The SMILES string of the molecule is COc1ccc(-c2nnc3ccc(OCCNC(=O)c4ccc(I)cc4)nn23)cc1. The van der Waals surface area contributed by atoms with Gasteiger partial charge in [-0.25, -0.2) is 0 Å². The van der Waals surface area contributed by atoms with Gasteiger partial charge in [-0.15, -0.1) is 15.3 Å². The van der Waals surface area contributed by atoms with Crippen molar-refractivity contribution < 1.29 is 14.3 Å². The first-order valence-electron chi connectivity index (χ1n) is 9.17. The third-order valence-corrected chi connectivity index (χ3v) is 5.05. The largest absolute Gasteiger partial charge is 0.497 e. The fraction of sp³-hybridized carbons (Fsp3) is 0.143. The van der Waals surface area contributed by atoms with Gasteiger partial charge in [-0.1, -0.05) is 0 Å². The van der Waals surface area contributed by atoms with Crippen LogP contribution in [0.1, 0.15) is 10.4 Å². The van der Waals surface area contributed by atoms with Gasteiger partial charge in [0.05, 0.1) is 13.7 Å². The number of carbonyl (C=O) groups is 1. The smallest absolute Gasteiger partial charge is 0.251 e. The molecule has 152 valence electrons. The molecule has 0 fully saturated rings. The molecule has 0 atom stereocenters. The molecule has 0 aliphatic rings. The van der Waals surface area contributed by atoms with Crippen LogP contribution in [0.15, 0.2) is 60.7 Å². The van der Waals surface area contributed by atoms with Crippen LogP contribution >= 0.6 is 22.6 Å². The number of hydrogen-bond donors (Lipinski definition) is 1. The fourth-order valence-electron chi connectivity index (χ4n) is 2.79. The molecule has 0 aliphatic heterocycles. The summed E-state index contributed by atoms with van der Waals surface area (Å²) in [4.78, 5) is 12.1. The van der Waals surface area contributed by atoms with Crippen molar-refractivity contribution in [3.8, 4) is 23.0 Å². The minimum Gasteiger partial charge on any atom is -0.497 e. The zero-order valence-corrected chi connectivity index (χ0v) is 18.2. The van der Waals surface area contributed by atoms with E-state index in [0.29, 0.717) is 29.5 Å².